The molecule has 0 aromatic rings. The topological polar surface area (TPSA) is 92.4 Å². The molecule has 16 heavy (non-hydrogen) atoms. The molecule has 0 aromatic heterocycles. The zero-order valence-corrected chi connectivity index (χ0v) is 9.61. The number of carbonyl (C=O) groups is 2. The zero-order valence-electron chi connectivity index (χ0n) is 9.61. The number of nitrogens with one attached hydrogen (secondary N) is 1. The van der Waals surface area contributed by atoms with Gasteiger partial charge in [0.2, 0.25) is 5.91 Å². The lowest BCUT2D eigenvalue weighted by atomic mass is 9.94. The summed E-state index contributed by atoms with van der Waals surface area (Å²) in [4.78, 5) is 22.5. The lowest BCUT2D eigenvalue weighted by Crippen LogP contribution is -2.48. The smallest absolute Gasteiger partial charge is 0.308 e. The molecule has 0 aliphatic heterocycles. The first-order valence-electron chi connectivity index (χ1n) is 5.81. The first kappa shape index (κ1) is 13.0. The highest BCUT2D eigenvalue weighted by Gasteiger charge is 2.30. The highest BCUT2D eigenvalue weighted by Crippen LogP contribution is 2.23. The van der Waals surface area contributed by atoms with Gasteiger partial charge in [-0.05, 0) is 19.8 Å². The van der Waals surface area contributed by atoms with E-state index in [1.54, 1.807) is 6.92 Å². The number of hydrogen-bond acceptors (Lipinski definition) is 3. The van der Waals surface area contributed by atoms with Crippen LogP contribution in [0, 0.1) is 5.92 Å². The van der Waals surface area contributed by atoms with Gasteiger partial charge in [0.1, 0.15) is 0 Å². The molecule has 1 fully saturated rings. The fourth-order valence-corrected chi connectivity index (χ4v) is 2.09. The lowest BCUT2D eigenvalue weighted by molar-refractivity contribution is -0.143. The average Bonchev–Trinajstić information content (AvgIpc) is 2.42. The van der Waals surface area contributed by atoms with Crippen LogP contribution >= 0.6 is 0 Å². The van der Waals surface area contributed by atoms with Crippen molar-refractivity contribution in [3.05, 3.63) is 0 Å². The van der Waals surface area contributed by atoms with Crippen molar-refractivity contribution >= 4 is 11.9 Å². The lowest BCUT2D eigenvalue weighted by Gasteiger charge is -2.23. The predicted octanol–water partition coefficient (Wildman–Crippen LogP) is 0.483. The zero-order chi connectivity index (χ0) is 12.1. The van der Waals surface area contributed by atoms with Crippen molar-refractivity contribution < 1.29 is 14.7 Å². The Hall–Kier alpha value is -1.10. The van der Waals surface area contributed by atoms with Crippen LogP contribution in [0.3, 0.4) is 0 Å². The molecule has 3 atom stereocenters. The standard InChI is InChI=1S/C11H20N2O3/c1-7(12)10(14)13-9-6-4-2-3-5-8(9)11(15)16/h7-9H,2-6,12H2,1H3,(H,13,14)(H,15,16). The molecular formula is C11H20N2O3. The number of carboxylic acids is 1. The van der Waals surface area contributed by atoms with Crippen LogP contribution in [0.1, 0.15) is 39.0 Å². The van der Waals surface area contributed by atoms with Gasteiger partial charge in [-0.25, -0.2) is 0 Å². The Bertz CT molecular complexity index is 266. The van der Waals surface area contributed by atoms with Crippen LogP contribution in [0.4, 0.5) is 0 Å². The largest absolute Gasteiger partial charge is 0.481 e. The van der Waals surface area contributed by atoms with Gasteiger partial charge in [0, 0.05) is 6.04 Å². The third-order valence-electron chi connectivity index (χ3n) is 3.07. The molecule has 0 spiro atoms. The number of rotatable bonds is 3. The van der Waals surface area contributed by atoms with Gasteiger partial charge in [-0.15, -0.1) is 0 Å². The SMILES string of the molecule is CC(N)C(=O)NC1CCCCCC1C(=O)O. The Morgan fingerprint density at radius 1 is 1.31 bits per heavy atom. The summed E-state index contributed by atoms with van der Waals surface area (Å²) >= 11 is 0. The van der Waals surface area contributed by atoms with E-state index in [4.69, 9.17) is 10.8 Å². The summed E-state index contributed by atoms with van der Waals surface area (Å²) in [5.41, 5.74) is 5.45. The van der Waals surface area contributed by atoms with E-state index in [-0.39, 0.29) is 11.9 Å². The molecule has 3 unspecified atom stereocenters. The van der Waals surface area contributed by atoms with E-state index in [0.717, 1.165) is 25.7 Å². The summed E-state index contributed by atoms with van der Waals surface area (Å²) in [7, 11) is 0. The van der Waals surface area contributed by atoms with Gasteiger partial charge in [-0.3, -0.25) is 9.59 Å². The second kappa shape index (κ2) is 5.84. The second-order valence-electron chi connectivity index (χ2n) is 4.49. The van der Waals surface area contributed by atoms with Gasteiger partial charge in [-0.2, -0.15) is 0 Å². The Kier molecular flexibility index (Phi) is 4.73. The summed E-state index contributed by atoms with van der Waals surface area (Å²) in [6.07, 6.45) is 4.29. The number of amides is 1. The molecule has 1 rings (SSSR count). The number of carboxylic acid groups (broad SMARTS) is 1. The summed E-state index contributed by atoms with van der Waals surface area (Å²) in [6, 6.07) is -0.851. The molecule has 4 N–H and O–H groups in total. The van der Waals surface area contributed by atoms with E-state index in [9.17, 15) is 9.59 Å². The molecule has 0 saturated heterocycles. The molecule has 1 aliphatic carbocycles. The number of carbonyl (C=O) groups excluding carboxylic acids is 1. The fraction of sp³-hybridized carbons (Fsp3) is 0.818. The maximum atomic E-state index is 11.5. The molecule has 0 radical (unpaired) electrons. The van der Waals surface area contributed by atoms with Crippen molar-refractivity contribution in [2.75, 3.05) is 0 Å². The van der Waals surface area contributed by atoms with Crippen LogP contribution in [0.5, 0.6) is 0 Å². The average molecular weight is 228 g/mol. The minimum atomic E-state index is -0.822. The first-order chi connectivity index (χ1) is 7.52. The molecule has 5 nitrogen and oxygen atoms in total. The van der Waals surface area contributed by atoms with Gasteiger partial charge in [0.05, 0.1) is 12.0 Å². The molecule has 0 bridgehead atoms. The highest BCUT2D eigenvalue weighted by atomic mass is 16.4. The molecule has 0 heterocycles. The normalized spacial score (nSPS) is 27.9. The quantitative estimate of drug-likeness (QED) is 0.613. The van der Waals surface area contributed by atoms with E-state index in [2.05, 4.69) is 5.32 Å². The van der Waals surface area contributed by atoms with Crippen LogP contribution in [-0.2, 0) is 9.59 Å². The van der Waals surface area contributed by atoms with Gasteiger partial charge >= 0.3 is 5.97 Å². The number of hydrogen-bond donors (Lipinski definition) is 3. The van der Waals surface area contributed by atoms with Crippen LogP contribution in [0.25, 0.3) is 0 Å². The van der Waals surface area contributed by atoms with Crippen molar-refractivity contribution in [1.82, 2.24) is 5.32 Å². The Balaban J connectivity index is 2.64. The molecule has 1 aliphatic rings. The van der Waals surface area contributed by atoms with Gasteiger partial charge < -0.3 is 16.2 Å². The maximum absolute atomic E-state index is 11.5. The summed E-state index contributed by atoms with van der Waals surface area (Å²) in [5.74, 6) is -1.56. The Labute approximate surface area is 95.4 Å². The molecule has 5 heteroatoms. The van der Waals surface area contributed by atoms with E-state index in [1.807, 2.05) is 0 Å². The van der Waals surface area contributed by atoms with Crippen molar-refractivity contribution in [1.29, 1.82) is 0 Å². The third kappa shape index (κ3) is 3.48. The Morgan fingerprint density at radius 3 is 2.50 bits per heavy atom. The van der Waals surface area contributed by atoms with Gasteiger partial charge in [0.15, 0.2) is 0 Å². The van der Waals surface area contributed by atoms with Crippen LogP contribution in [0.15, 0.2) is 0 Å². The van der Waals surface area contributed by atoms with Crippen LogP contribution < -0.4 is 11.1 Å². The van der Waals surface area contributed by atoms with E-state index < -0.39 is 17.9 Å². The van der Waals surface area contributed by atoms with E-state index in [1.165, 1.54) is 0 Å². The van der Waals surface area contributed by atoms with Crippen LogP contribution in [-0.4, -0.2) is 29.1 Å². The third-order valence-corrected chi connectivity index (χ3v) is 3.07. The fourth-order valence-electron chi connectivity index (χ4n) is 2.09. The molecule has 1 amide bonds. The maximum Gasteiger partial charge on any atom is 0.308 e. The van der Waals surface area contributed by atoms with Gasteiger partial charge in [-0.1, -0.05) is 19.3 Å². The number of aliphatic carboxylic acids is 1. The number of nitrogens with two attached hydrogens (primary N) is 1. The summed E-state index contributed by atoms with van der Waals surface area (Å²) in [5, 5.41) is 11.8. The molecular weight excluding hydrogens is 208 g/mol. The van der Waals surface area contributed by atoms with E-state index in [0.29, 0.717) is 6.42 Å². The van der Waals surface area contributed by atoms with E-state index >= 15 is 0 Å². The molecule has 1 saturated carbocycles. The Morgan fingerprint density at radius 2 is 1.94 bits per heavy atom. The minimum Gasteiger partial charge on any atom is -0.481 e. The van der Waals surface area contributed by atoms with Crippen molar-refractivity contribution in [3.63, 3.8) is 0 Å². The predicted molar refractivity (Wildman–Crippen MR) is 59.8 cm³/mol. The van der Waals surface area contributed by atoms with Crippen LogP contribution in [0.2, 0.25) is 0 Å². The summed E-state index contributed by atoms with van der Waals surface area (Å²) < 4.78 is 0. The van der Waals surface area contributed by atoms with Crippen molar-refractivity contribution in [2.45, 2.75) is 51.1 Å². The minimum absolute atomic E-state index is 0.265. The second-order valence-corrected chi connectivity index (χ2v) is 4.49. The molecule has 0 aromatic carbocycles. The van der Waals surface area contributed by atoms with Crippen molar-refractivity contribution in [3.8, 4) is 0 Å². The van der Waals surface area contributed by atoms with Crippen molar-refractivity contribution in [2.24, 2.45) is 11.7 Å². The summed E-state index contributed by atoms with van der Waals surface area (Å²) in [6.45, 7) is 1.60. The highest BCUT2D eigenvalue weighted by molar-refractivity contribution is 5.82. The monoisotopic (exact) mass is 228 g/mol. The first-order valence-corrected chi connectivity index (χ1v) is 5.81. The van der Waals surface area contributed by atoms with Gasteiger partial charge in [0.25, 0.3) is 0 Å². The molecule has 92 valence electrons.